The maximum atomic E-state index is 12.4. The number of amides is 1. The van der Waals surface area contributed by atoms with Crippen molar-refractivity contribution in [2.45, 2.75) is 12.8 Å². The van der Waals surface area contributed by atoms with Crippen molar-refractivity contribution in [2.75, 3.05) is 25.5 Å². The second kappa shape index (κ2) is 8.71. The second-order valence-corrected chi connectivity index (χ2v) is 5.79. The third-order valence-electron chi connectivity index (χ3n) is 4.26. The average molecular weight is 347 g/mol. The number of ether oxygens (including phenoxy) is 1. The summed E-state index contributed by atoms with van der Waals surface area (Å²) in [5, 5.41) is 6.33. The van der Waals surface area contributed by atoms with E-state index in [-0.39, 0.29) is 24.2 Å². The van der Waals surface area contributed by atoms with Crippen molar-refractivity contribution in [3.05, 3.63) is 48.5 Å². The number of nitrogens with one attached hydrogen (secondary N) is 2. The highest BCUT2D eigenvalue weighted by molar-refractivity contribution is 5.93. The monoisotopic (exact) mass is 346 g/mol. The van der Waals surface area contributed by atoms with Crippen LogP contribution in [0.2, 0.25) is 0 Å². The summed E-state index contributed by atoms with van der Waals surface area (Å²) < 4.78 is 5.42. The molecule has 0 unspecified atom stereocenters. The van der Waals surface area contributed by atoms with Crippen LogP contribution in [-0.4, -0.2) is 26.1 Å². The van der Waals surface area contributed by atoms with E-state index in [2.05, 4.69) is 10.6 Å². The predicted molar refractivity (Wildman–Crippen MR) is 99.9 cm³/mol. The van der Waals surface area contributed by atoms with Crippen LogP contribution in [0.5, 0.6) is 5.75 Å². The Balaban J connectivity index is 0.00000208. The minimum absolute atomic E-state index is 0. The van der Waals surface area contributed by atoms with Gasteiger partial charge in [-0.15, -0.1) is 12.4 Å². The molecule has 1 amide bonds. The van der Waals surface area contributed by atoms with E-state index < -0.39 is 0 Å². The molecule has 1 aliphatic rings. The van der Waals surface area contributed by atoms with Crippen molar-refractivity contribution in [1.29, 1.82) is 0 Å². The van der Waals surface area contributed by atoms with Crippen LogP contribution in [0.15, 0.2) is 48.5 Å². The van der Waals surface area contributed by atoms with Crippen molar-refractivity contribution in [1.82, 2.24) is 5.32 Å². The number of hydrogen-bond donors (Lipinski definition) is 2. The fraction of sp³-hybridized carbons (Fsp3) is 0.316. The molecule has 0 atom stereocenters. The third kappa shape index (κ3) is 4.28. The smallest absolute Gasteiger partial charge is 0.227 e. The maximum Gasteiger partial charge on any atom is 0.227 e. The zero-order valence-corrected chi connectivity index (χ0v) is 14.6. The topological polar surface area (TPSA) is 50.4 Å². The van der Waals surface area contributed by atoms with Gasteiger partial charge in [-0.05, 0) is 49.7 Å². The molecule has 0 aromatic heterocycles. The zero-order valence-electron chi connectivity index (χ0n) is 13.7. The predicted octanol–water partition coefficient (Wildman–Crippen LogP) is 3.72. The van der Waals surface area contributed by atoms with Gasteiger partial charge in [0.15, 0.2) is 0 Å². The highest BCUT2D eigenvalue weighted by Crippen LogP contribution is 2.31. The van der Waals surface area contributed by atoms with Gasteiger partial charge >= 0.3 is 0 Å². The quantitative estimate of drug-likeness (QED) is 0.887. The molecule has 2 N–H and O–H groups in total. The first-order chi connectivity index (χ1) is 11.3. The minimum atomic E-state index is 0. The van der Waals surface area contributed by atoms with Crippen molar-refractivity contribution in [3.8, 4) is 16.9 Å². The molecule has 0 saturated carbocycles. The molecular formula is C19H23ClN2O2. The molecule has 0 radical (unpaired) electrons. The Morgan fingerprint density at radius 1 is 1.12 bits per heavy atom. The van der Waals surface area contributed by atoms with Crippen LogP contribution >= 0.6 is 12.4 Å². The average Bonchev–Trinajstić information content (AvgIpc) is 2.62. The van der Waals surface area contributed by atoms with Gasteiger partial charge in [0.25, 0.3) is 0 Å². The van der Waals surface area contributed by atoms with Crippen LogP contribution in [0.25, 0.3) is 11.1 Å². The van der Waals surface area contributed by atoms with Gasteiger partial charge in [0.05, 0.1) is 7.11 Å². The molecule has 1 fully saturated rings. The van der Waals surface area contributed by atoms with E-state index in [0.29, 0.717) is 0 Å². The summed E-state index contributed by atoms with van der Waals surface area (Å²) in [6.07, 6.45) is 1.80. The lowest BCUT2D eigenvalue weighted by Gasteiger charge is -2.22. The van der Waals surface area contributed by atoms with Gasteiger partial charge in [0, 0.05) is 17.2 Å². The van der Waals surface area contributed by atoms with Crippen molar-refractivity contribution < 1.29 is 9.53 Å². The largest absolute Gasteiger partial charge is 0.496 e. The Bertz CT molecular complexity index is 685. The summed E-state index contributed by atoms with van der Waals surface area (Å²) in [6.45, 7) is 1.83. The molecule has 3 rings (SSSR count). The highest BCUT2D eigenvalue weighted by Gasteiger charge is 2.20. The lowest BCUT2D eigenvalue weighted by Crippen LogP contribution is -2.34. The number of piperidine rings is 1. The Morgan fingerprint density at radius 3 is 2.62 bits per heavy atom. The molecule has 1 aliphatic heterocycles. The number of para-hydroxylation sites is 1. The number of hydrogen-bond acceptors (Lipinski definition) is 3. The third-order valence-corrected chi connectivity index (χ3v) is 4.26. The normalized spacial score (nSPS) is 14.5. The standard InChI is InChI=1S/C19H22N2O2.ClH/c1-23-18-8-3-2-7-17(18)15-5-4-6-16(13-15)21-19(22)14-9-11-20-12-10-14;/h2-8,13-14,20H,9-12H2,1H3,(H,21,22);1H. The molecule has 24 heavy (non-hydrogen) atoms. The van der Waals surface area contributed by atoms with E-state index in [1.54, 1.807) is 7.11 Å². The van der Waals surface area contributed by atoms with Crippen LogP contribution in [0.4, 0.5) is 5.69 Å². The Kier molecular flexibility index (Phi) is 6.64. The first-order valence-corrected chi connectivity index (χ1v) is 8.03. The van der Waals surface area contributed by atoms with E-state index in [1.165, 1.54) is 0 Å². The number of anilines is 1. The van der Waals surface area contributed by atoms with Crippen LogP contribution < -0.4 is 15.4 Å². The Hall–Kier alpha value is -2.04. The summed E-state index contributed by atoms with van der Waals surface area (Å²) in [4.78, 5) is 12.4. The molecule has 1 saturated heterocycles. The highest BCUT2D eigenvalue weighted by atomic mass is 35.5. The van der Waals surface area contributed by atoms with Crippen molar-refractivity contribution >= 4 is 24.0 Å². The fourth-order valence-corrected chi connectivity index (χ4v) is 2.98. The molecule has 128 valence electrons. The number of rotatable bonds is 4. The van der Waals surface area contributed by atoms with Crippen LogP contribution in [-0.2, 0) is 4.79 Å². The lowest BCUT2D eigenvalue weighted by molar-refractivity contribution is -0.120. The Morgan fingerprint density at radius 2 is 1.88 bits per heavy atom. The van der Waals surface area contributed by atoms with Gasteiger partial charge in [-0.3, -0.25) is 4.79 Å². The van der Waals surface area contributed by atoms with Crippen LogP contribution in [0, 0.1) is 5.92 Å². The first-order valence-electron chi connectivity index (χ1n) is 8.03. The van der Waals surface area contributed by atoms with E-state index in [4.69, 9.17) is 4.74 Å². The number of halogens is 1. The van der Waals surface area contributed by atoms with Crippen molar-refractivity contribution in [2.24, 2.45) is 5.92 Å². The van der Waals surface area contributed by atoms with Crippen LogP contribution in [0.3, 0.4) is 0 Å². The summed E-state index contributed by atoms with van der Waals surface area (Å²) >= 11 is 0. The number of carbonyl (C=O) groups is 1. The molecule has 1 heterocycles. The van der Waals surface area contributed by atoms with Gasteiger partial charge in [-0.25, -0.2) is 0 Å². The van der Waals surface area contributed by atoms with Gasteiger partial charge in [-0.2, -0.15) is 0 Å². The van der Waals surface area contributed by atoms with E-state index in [9.17, 15) is 4.79 Å². The lowest BCUT2D eigenvalue weighted by atomic mass is 9.97. The van der Waals surface area contributed by atoms with Gasteiger partial charge < -0.3 is 15.4 Å². The van der Waals surface area contributed by atoms with Crippen molar-refractivity contribution in [3.63, 3.8) is 0 Å². The van der Waals surface area contributed by atoms with Gasteiger partial charge in [0.1, 0.15) is 5.75 Å². The molecule has 0 aliphatic carbocycles. The molecule has 2 aromatic rings. The number of methoxy groups -OCH3 is 1. The first kappa shape index (κ1) is 18.3. The van der Waals surface area contributed by atoms with Crippen LogP contribution in [0.1, 0.15) is 12.8 Å². The summed E-state index contributed by atoms with van der Waals surface area (Å²) in [5.74, 6) is 1.05. The Labute approximate surface area is 149 Å². The van der Waals surface area contributed by atoms with E-state index >= 15 is 0 Å². The maximum absolute atomic E-state index is 12.4. The molecule has 2 aromatic carbocycles. The van der Waals surface area contributed by atoms with E-state index in [1.807, 2.05) is 48.5 Å². The molecule has 0 spiro atoms. The molecular weight excluding hydrogens is 324 g/mol. The molecule has 0 bridgehead atoms. The van der Waals surface area contributed by atoms with Gasteiger partial charge in [0.2, 0.25) is 5.91 Å². The SMILES string of the molecule is COc1ccccc1-c1cccc(NC(=O)C2CCNCC2)c1.Cl. The number of carbonyl (C=O) groups excluding carboxylic acids is 1. The number of benzene rings is 2. The van der Waals surface area contributed by atoms with E-state index in [0.717, 1.165) is 48.5 Å². The fourth-order valence-electron chi connectivity index (χ4n) is 2.98. The zero-order chi connectivity index (χ0) is 16.1. The second-order valence-electron chi connectivity index (χ2n) is 5.79. The van der Waals surface area contributed by atoms with Gasteiger partial charge in [-0.1, -0.05) is 30.3 Å². The summed E-state index contributed by atoms with van der Waals surface area (Å²) in [5.41, 5.74) is 2.88. The molecule has 5 heteroatoms. The minimum Gasteiger partial charge on any atom is -0.496 e. The summed E-state index contributed by atoms with van der Waals surface area (Å²) in [7, 11) is 1.67. The summed E-state index contributed by atoms with van der Waals surface area (Å²) in [6, 6.07) is 15.8. The molecule has 4 nitrogen and oxygen atoms in total.